The van der Waals surface area contributed by atoms with E-state index in [0.29, 0.717) is 0 Å². The van der Waals surface area contributed by atoms with E-state index in [1.807, 2.05) is 6.26 Å². The maximum absolute atomic E-state index is 5.66. The van der Waals surface area contributed by atoms with Crippen molar-refractivity contribution in [2.75, 3.05) is 33.2 Å². The van der Waals surface area contributed by atoms with Crippen LogP contribution in [-0.4, -0.2) is 49.1 Å². The number of hydrogen-bond acceptors (Lipinski definition) is 4. The topological polar surface area (TPSA) is 31.6 Å². The molecule has 2 aliphatic rings. The second-order valence-corrected chi connectivity index (χ2v) is 6.36. The van der Waals surface area contributed by atoms with Crippen molar-refractivity contribution in [3.05, 3.63) is 23.7 Å². The van der Waals surface area contributed by atoms with E-state index in [9.17, 15) is 0 Å². The summed E-state index contributed by atoms with van der Waals surface area (Å²) >= 11 is 0. The summed E-state index contributed by atoms with van der Waals surface area (Å²) in [5.74, 6) is 1.08. The number of hydrogen-bond donors (Lipinski definition) is 1. The molecule has 20 heavy (non-hydrogen) atoms. The third kappa shape index (κ3) is 4.33. The summed E-state index contributed by atoms with van der Waals surface area (Å²) in [4.78, 5) is 4.92. The van der Waals surface area contributed by atoms with Crippen molar-refractivity contribution in [1.29, 1.82) is 0 Å². The molecule has 4 nitrogen and oxygen atoms in total. The minimum absolute atomic E-state index is 0.761. The fourth-order valence-electron chi connectivity index (χ4n) is 2.81. The maximum Gasteiger partial charge on any atom is 0.118 e. The predicted molar refractivity (Wildman–Crippen MR) is 80.6 cm³/mol. The van der Waals surface area contributed by atoms with Crippen molar-refractivity contribution in [2.24, 2.45) is 0 Å². The first-order valence-corrected chi connectivity index (χ1v) is 8.00. The Balaban J connectivity index is 1.37. The Morgan fingerprint density at radius 3 is 2.90 bits per heavy atom. The van der Waals surface area contributed by atoms with Crippen molar-refractivity contribution in [2.45, 2.75) is 44.8 Å². The van der Waals surface area contributed by atoms with Crippen LogP contribution in [0.1, 0.15) is 37.0 Å². The van der Waals surface area contributed by atoms with Gasteiger partial charge in [0.2, 0.25) is 0 Å². The van der Waals surface area contributed by atoms with Crippen LogP contribution in [-0.2, 0) is 13.1 Å². The first-order chi connectivity index (χ1) is 9.79. The summed E-state index contributed by atoms with van der Waals surface area (Å²) < 4.78 is 5.66. The van der Waals surface area contributed by atoms with Gasteiger partial charge < -0.3 is 14.6 Å². The molecule has 1 N–H and O–H groups in total. The number of nitrogens with one attached hydrogen (secondary N) is 1. The van der Waals surface area contributed by atoms with Crippen molar-refractivity contribution in [3.8, 4) is 0 Å². The van der Waals surface area contributed by atoms with Crippen molar-refractivity contribution >= 4 is 0 Å². The number of furan rings is 1. The fourth-order valence-corrected chi connectivity index (χ4v) is 2.81. The quantitative estimate of drug-likeness (QED) is 0.788. The van der Waals surface area contributed by atoms with E-state index < -0.39 is 0 Å². The van der Waals surface area contributed by atoms with E-state index in [-0.39, 0.29) is 0 Å². The van der Waals surface area contributed by atoms with Gasteiger partial charge in [-0.2, -0.15) is 0 Å². The van der Waals surface area contributed by atoms with Gasteiger partial charge in [0, 0.05) is 31.2 Å². The molecule has 4 heteroatoms. The Kier molecular flexibility index (Phi) is 4.76. The molecule has 2 heterocycles. The SMILES string of the molecule is CN(CCN1CCCC1)Cc1cc(CNC2CC2)co1. The lowest BCUT2D eigenvalue weighted by Gasteiger charge is -2.20. The zero-order valence-corrected chi connectivity index (χ0v) is 12.6. The molecule has 1 saturated carbocycles. The normalized spacial score (nSPS) is 20.1. The van der Waals surface area contributed by atoms with Gasteiger partial charge in [0.05, 0.1) is 12.8 Å². The molecule has 0 atom stereocenters. The highest BCUT2D eigenvalue weighted by molar-refractivity contribution is 5.13. The third-order valence-electron chi connectivity index (χ3n) is 4.30. The molecule has 0 aromatic carbocycles. The van der Waals surface area contributed by atoms with Crippen LogP contribution in [0.3, 0.4) is 0 Å². The molecule has 0 spiro atoms. The lowest BCUT2D eigenvalue weighted by atomic mass is 10.3. The molecule has 3 rings (SSSR count). The fraction of sp³-hybridized carbons (Fsp3) is 0.750. The molecule has 1 aromatic heterocycles. The van der Waals surface area contributed by atoms with Gasteiger partial charge >= 0.3 is 0 Å². The Bertz CT molecular complexity index is 408. The van der Waals surface area contributed by atoms with Crippen molar-refractivity contribution in [1.82, 2.24) is 15.1 Å². The average molecular weight is 277 g/mol. The first-order valence-electron chi connectivity index (χ1n) is 8.00. The van der Waals surface area contributed by atoms with Gasteiger partial charge in [-0.1, -0.05) is 0 Å². The van der Waals surface area contributed by atoms with Gasteiger partial charge in [-0.05, 0) is 51.9 Å². The van der Waals surface area contributed by atoms with Crippen molar-refractivity contribution < 1.29 is 4.42 Å². The number of likely N-dealkylation sites (tertiary alicyclic amines) is 1. The monoisotopic (exact) mass is 277 g/mol. The largest absolute Gasteiger partial charge is 0.468 e. The summed E-state index contributed by atoms with van der Waals surface area (Å²) in [6, 6.07) is 2.96. The van der Waals surface area contributed by atoms with E-state index in [0.717, 1.165) is 31.4 Å². The highest BCUT2D eigenvalue weighted by Gasteiger charge is 2.20. The molecule has 2 fully saturated rings. The molecule has 112 valence electrons. The molecule has 1 aromatic rings. The van der Waals surface area contributed by atoms with Gasteiger partial charge in [-0.15, -0.1) is 0 Å². The van der Waals surface area contributed by atoms with E-state index in [1.165, 1.54) is 50.9 Å². The van der Waals surface area contributed by atoms with E-state index >= 15 is 0 Å². The summed E-state index contributed by atoms with van der Waals surface area (Å²) in [6.07, 6.45) is 7.32. The summed E-state index contributed by atoms with van der Waals surface area (Å²) in [6.45, 7) is 6.74. The van der Waals surface area contributed by atoms with E-state index in [4.69, 9.17) is 4.42 Å². The summed E-state index contributed by atoms with van der Waals surface area (Å²) in [5, 5.41) is 3.52. The van der Waals surface area contributed by atoms with Crippen LogP contribution < -0.4 is 5.32 Å². The molecule has 0 radical (unpaired) electrons. The zero-order chi connectivity index (χ0) is 13.8. The van der Waals surface area contributed by atoms with Crippen molar-refractivity contribution in [3.63, 3.8) is 0 Å². The highest BCUT2D eigenvalue weighted by atomic mass is 16.3. The highest BCUT2D eigenvalue weighted by Crippen LogP contribution is 2.20. The number of nitrogens with zero attached hydrogens (tertiary/aromatic N) is 2. The molecule has 0 amide bonds. The van der Waals surface area contributed by atoms with Crippen LogP contribution in [0, 0.1) is 0 Å². The summed E-state index contributed by atoms with van der Waals surface area (Å²) in [5.41, 5.74) is 1.28. The van der Waals surface area contributed by atoms with E-state index in [1.54, 1.807) is 0 Å². The lowest BCUT2D eigenvalue weighted by molar-refractivity contribution is 0.239. The molecule has 1 aliphatic carbocycles. The molecule has 1 saturated heterocycles. The van der Waals surface area contributed by atoms with E-state index in [2.05, 4.69) is 28.2 Å². The zero-order valence-electron chi connectivity index (χ0n) is 12.6. The number of likely N-dealkylation sites (N-methyl/N-ethyl adjacent to an activating group) is 1. The molecule has 1 aliphatic heterocycles. The van der Waals surface area contributed by atoms with Gasteiger partial charge in [0.15, 0.2) is 0 Å². The van der Waals surface area contributed by atoms with Gasteiger partial charge in [0.25, 0.3) is 0 Å². The van der Waals surface area contributed by atoms with Gasteiger partial charge in [-0.3, -0.25) is 4.90 Å². The van der Waals surface area contributed by atoms with Crippen LogP contribution in [0.15, 0.2) is 16.7 Å². The van der Waals surface area contributed by atoms with Crippen LogP contribution in [0.25, 0.3) is 0 Å². The smallest absolute Gasteiger partial charge is 0.118 e. The predicted octanol–water partition coefficient (Wildman–Crippen LogP) is 2.06. The van der Waals surface area contributed by atoms with Gasteiger partial charge in [-0.25, -0.2) is 0 Å². The Morgan fingerprint density at radius 1 is 1.35 bits per heavy atom. The molecular formula is C16H27N3O. The van der Waals surface area contributed by atoms with Gasteiger partial charge in [0.1, 0.15) is 5.76 Å². The lowest BCUT2D eigenvalue weighted by Crippen LogP contribution is -2.31. The average Bonchev–Trinajstić information content (AvgIpc) is 2.94. The molecular weight excluding hydrogens is 250 g/mol. The third-order valence-corrected chi connectivity index (χ3v) is 4.30. The van der Waals surface area contributed by atoms with Crippen LogP contribution in [0.5, 0.6) is 0 Å². The second kappa shape index (κ2) is 6.74. The minimum Gasteiger partial charge on any atom is -0.468 e. The Morgan fingerprint density at radius 2 is 2.15 bits per heavy atom. The maximum atomic E-state index is 5.66. The molecule has 0 unspecified atom stereocenters. The Hall–Kier alpha value is -0.840. The Labute approximate surface area is 122 Å². The van der Waals surface area contributed by atoms with Crippen LogP contribution >= 0.6 is 0 Å². The standard InChI is InChI=1S/C16H27N3O/c1-18(8-9-19-6-2-3-7-19)12-16-10-14(13-20-16)11-17-15-4-5-15/h10,13,15,17H,2-9,11-12H2,1H3. The summed E-state index contributed by atoms with van der Waals surface area (Å²) in [7, 11) is 2.18. The first kappa shape index (κ1) is 14.1. The minimum atomic E-state index is 0.761. The van der Waals surface area contributed by atoms with Crippen LogP contribution in [0.2, 0.25) is 0 Å². The van der Waals surface area contributed by atoms with Crippen LogP contribution in [0.4, 0.5) is 0 Å². The molecule has 0 bridgehead atoms. The second-order valence-electron chi connectivity index (χ2n) is 6.36. The number of rotatable bonds is 8.